The minimum atomic E-state index is -0.301. The van der Waals surface area contributed by atoms with Crippen LogP contribution in [0.25, 0.3) is 11.3 Å². The van der Waals surface area contributed by atoms with Crippen LogP contribution in [0.15, 0.2) is 49.4 Å². The van der Waals surface area contributed by atoms with Crippen LogP contribution in [-0.4, -0.2) is 53.0 Å². The molecule has 1 aromatic carbocycles. The van der Waals surface area contributed by atoms with Crippen molar-refractivity contribution in [2.75, 3.05) is 20.5 Å². The van der Waals surface area contributed by atoms with Gasteiger partial charge in [-0.25, -0.2) is 15.3 Å². The van der Waals surface area contributed by atoms with E-state index in [0.29, 0.717) is 23.2 Å². The van der Waals surface area contributed by atoms with Crippen molar-refractivity contribution in [2.45, 2.75) is 0 Å². The van der Waals surface area contributed by atoms with Crippen molar-refractivity contribution >= 4 is 33.5 Å². The molecule has 4 rings (SSSR count). The van der Waals surface area contributed by atoms with Crippen molar-refractivity contribution < 1.29 is 13.9 Å². The van der Waals surface area contributed by atoms with E-state index in [0.717, 1.165) is 10.0 Å². The Morgan fingerprint density at radius 2 is 2.16 bits per heavy atom. The maximum absolute atomic E-state index is 12.3. The molecule has 0 saturated carbocycles. The summed E-state index contributed by atoms with van der Waals surface area (Å²) in [7, 11) is 1.50. The summed E-state index contributed by atoms with van der Waals surface area (Å²) in [6.45, 7) is 0.235. The number of rotatable bonds is 4. The zero-order chi connectivity index (χ0) is 17.4. The summed E-state index contributed by atoms with van der Waals surface area (Å²) in [6.07, 6.45) is 1.62. The quantitative estimate of drug-likeness (QED) is 0.840. The number of amides is 2. The molecule has 2 aliphatic rings. The lowest BCUT2D eigenvalue weighted by Gasteiger charge is -2.30. The first-order valence-electron chi connectivity index (χ1n) is 7.35. The fraction of sp³-hybridized carbons (Fsp3) is 0.200. The van der Waals surface area contributed by atoms with E-state index in [1.807, 2.05) is 24.3 Å². The number of fused-ring (bicyclic) bond motifs is 1. The lowest BCUT2D eigenvalue weighted by molar-refractivity contribution is 0.0405. The van der Waals surface area contributed by atoms with Gasteiger partial charge in [0.05, 0.1) is 6.20 Å². The second kappa shape index (κ2) is 6.30. The van der Waals surface area contributed by atoms with Gasteiger partial charge in [-0.1, -0.05) is 28.1 Å². The monoisotopic (exact) mass is 404 g/mol. The number of methoxy groups -OCH3 is 1. The van der Waals surface area contributed by atoms with Crippen LogP contribution in [0.2, 0.25) is 0 Å². The predicted octanol–water partition coefficient (Wildman–Crippen LogP) is 2.02. The average Bonchev–Trinajstić information content (AvgIpc) is 3.25. The second-order valence-corrected chi connectivity index (χ2v) is 6.19. The number of carbonyl (C=O) groups is 1. The number of ether oxygens (including phenoxy) is 1. The smallest absolute Gasteiger partial charge is 0.349 e. The summed E-state index contributed by atoms with van der Waals surface area (Å²) < 4.78 is 11.7. The summed E-state index contributed by atoms with van der Waals surface area (Å²) in [5.74, 6) is 1.30. The van der Waals surface area contributed by atoms with Gasteiger partial charge in [0.25, 0.3) is 0 Å². The van der Waals surface area contributed by atoms with E-state index < -0.39 is 0 Å². The lowest BCUT2D eigenvalue weighted by atomic mass is 10.2. The van der Waals surface area contributed by atoms with Gasteiger partial charge < -0.3 is 9.15 Å². The minimum Gasteiger partial charge on any atom is -0.435 e. The molecule has 10 heteroatoms. The highest BCUT2D eigenvalue weighted by atomic mass is 79.9. The predicted molar refractivity (Wildman–Crippen MR) is 92.6 cm³/mol. The summed E-state index contributed by atoms with van der Waals surface area (Å²) in [5, 5.41) is 5.41. The summed E-state index contributed by atoms with van der Waals surface area (Å²) >= 11 is 3.40. The van der Waals surface area contributed by atoms with E-state index in [-0.39, 0.29) is 19.4 Å². The Kier molecular flexibility index (Phi) is 3.98. The summed E-state index contributed by atoms with van der Waals surface area (Å²) in [6, 6.07) is 7.38. The maximum Gasteiger partial charge on any atom is 0.349 e. The number of hydrazone groups is 1. The third-order valence-electron chi connectivity index (χ3n) is 3.67. The second-order valence-electron chi connectivity index (χ2n) is 5.28. The van der Waals surface area contributed by atoms with Crippen molar-refractivity contribution in [3.05, 3.63) is 40.8 Å². The topological polar surface area (TPSA) is 95.6 Å². The van der Waals surface area contributed by atoms with E-state index in [1.165, 1.54) is 17.0 Å². The molecule has 0 saturated heterocycles. The number of halogens is 1. The molecule has 0 unspecified atom stereocenters. The maximum atomic E-state index is 12.3. The van der Waals surface area contributed by atoms with Crippen LogP contribution in [0, 0.1) is 0 Å². The van der Waals surface area contributed by atoms with Crippen LogP contribution < -0.4 is 5.53 Å². The molecule has 1 aromatic heterocycles. The van der Waals surface area contributed by atoms with Crippen molar-refractivity contribution in [2.24, 2.45) is 10.1 Å². The fourth-order valence-electron chi connectivity index (χ4n) is 2.48. The van der Waals surface area contributed by atoms with Crippen LogP contribution in [0.5, 0.6) is 0 Å². The first-order chi connectivity index (χ1) is 12.2. The molecule has 2 aromatic rings. The molecule has 3 heterocycles. The molecule has 0 aliphatic carbocycles. The Hall–Kier alpha value is -2.72. The highest BCUT2D eigenvalue weighted by Gasteiger charge is 2.38. The van der Waals surface area contributed by atoms with Crippen molar-refractivity contribution in [3.63, 3.8) is 0 Å². The Bertz CT molecular complexity index is 876. The highest BCUT2D eigenvalue weighted by Crippen LogP contribution is 2.24. The Morgan fingerprint density at radius 1 is 1.36 bits per heavy atom. The number of carbonyl (C=O) groups excluding carboxylic acids is 1. The number of hydrogen-bond acceptors (Lipinski definition) is 7. The molecule has 2 amide bonds. The number of hydrazine groups is 1. The fourth-order valence-corrected chi connectivity index (χ4v) is 2.74. The Labute approximate surface area is 151 Å². The van der Waals surface area contributed by atoms with E-state index in [1.54, 1.807) is 6.20 Å². The molecule has 0 fully saturated rings. The minimum absolute atomic E-state index is 0.0775. The number of urea groups is 1. The van der Waals surface area contributed by atoms with Gasteiger partial charge in [-0.3, -0.25) is 9.89 Å². The van der Waals surface area contributed by atoms with Crippen LogP contribution >= 0.6 is 15.9 Å². The van der Waals surface area contributed by atoms with Crippen molar-refractivity contribution in [1.82, 2.24) is 20.4 Å². The van der Waals surface area contributed by atoms with Gasteiger partial charge in [-0.05, 0) is 12.1 Å². The molecule has 0 radical (unpaired) electrons. The molecule has 25 heavy (non-hydrogen) atoms. The van der Waals surface area contributed by atoms with E-state index >= 15 is 0 Å². The zero-order valence-electron chi connectivity index (χ0n) is 13.1. The number of oxazole rings is 1. The molecule has 0 atom stereocenters. The number of nitrogens with one attached hydrogen (secondary N) is 1. The number of nitrogens with zero attached hydrogens (tertiary/aromatic N) is 5. The number of benzene rings is 1. The molecule has 0 bridgehead atoms. The van der Waals surface area contributed by atoms with Gasteiger partial charge in [0, 0.05) is 17.1 Å². The number of hydrogen-bond donors (Lipinski definition) is 1. The van der Waals surface area contributed by atoms with Gasteiger partial charge in [0.2, 0.25) is 5.89 Å². The van der Waals surface area contributed by atoms with Gasteiger partial charge in [-0.15, -0.1) is 5.10 Å². The van der Waals surface area contributed by atoms with Crippen LogP contribution in [0.4, 0.5) is 4.79 Å². The molecule has 0 spiro atoms. The average molecular weight is 405 g/mol. The highest BCUT2D eigenvalue weighted by molar-refractivity contribution is 9.10. The normalized spacial score (nSPS) is 16.5. The molecule has 1 N–H and O–H groups in total. The van der Waals surface area contributed by atoms with Crippen molar-refractivity contribution in [1.29, 1.82) is 0 Å². The van der Waals surface area contributed by atoms with Gasteiger partial charge in [0.15, 0.2) is 17.3 Å². The lowest BCUT2D eigenvalue weighted by Crippen LogP contribution is -2.55. The van der Waals surface area contributed by atoms with Crippen LogP contribution in [0.3, 0.4) is 0 Å². The van der Waals surface area contributed by atoms with Gasteiger partial charge in [-0.2, -0.15) is 5.01 Å². The molecule has 2 aliphatic heterocycles. The zero-order valence-corrected chi connectivity index (χ0v) is 14.7. The first kappa shape index (κ1) is 15.8. The number of amidine groups is 1. The number of aromatic nitrogens is 1. The largest absolute Gasteiger partial charge is 0.435 e. The summed E-state index contributed by atoms with van der Waals surface area (Å²) in [5.41, 5.74) is 3.96. The summed E-state index contributed by atoms with van der Waals surface area (Å²) in [4.78, 5) is 22.4. The van der Waals surface area contributed by atoms with Gasteiger partial charge >= 0.3 is 6.03 Å². The van der Waals surface area contributed by atoms with E-state index in [9.17, 15) is 4.79 Å². The van der Waals surface area contributed by atoms with E-state index in [4.69, 9.17) is 9.15 Å². The first-order valence-corrected chi connectivity index (χ1v) is 8.15. The molecular formula is C15H13BrN6O3. The van der Waals surface area contributed by atoms with Crippen LogP contribution in [0.1, 0.15) is 5.89 Å². The third-order valence-corrected chi connectivity index (χ3v) is 4.20. The number of aliphatic imine (C=N–C) groups is 1. The standard InChI is InChI=1S/C15H13BrN6O3/c1-24-8-22-15(23)21-7-18-12(13(21)19-20-22)14-17-6-11(25-14)9-2-4-10(16)5-3-9/h2-6,20H,7-8H2,1H3. The van der Waals surface area contributed by atoms with Crippen molar-refractivity contribution in [3.8, 4) is 11.3 Å². The Balaban J connectivity index is 1.59. The van der Waals surface area contributed by atoms with Gasteiger partial charge in [0.1, 0.15) is 13.4 Å². The SMILES string of the molecule is COCN1NN=C2C(c3ncc(-c4ccc(Br)cc4)o3)=NCN2C1=O. The molecule has 9 nitrogen and oxygen atoms in total. The molecular weight excluding hydrogens is 392 g/mol. The third kappa shape index (κ3) is 2.79. The van der Waals surface area contributed by atoms with Crippen LogP contribution in [-0.2, 0) is 4.74 Å². The molecule has 128 valence electrons. The Morgan fingerprint density at radius 3 is 2.92 bits per heavy atom. The van der Waals surface area contributed by atoms with E-state index in [2.05, 4.69) is 36.5 Å².